The van der Waals surface area contributed by atoms with Crippen molar-refractivity contribution in [2.45, 2.75) is 13.5 Å². The van der Waals surface area contributed by atoms with Gasteiger partial charge in [-0.05, 0) is 18.6 Å². The first-order valence-electron chi connectivity index (χ1n) is 7.79. The molecule has 0 aliphatic carbocycles. The normalized spacial score (nSPS) is 10.6. The summed E-state index contributed by atoms with van der Waals surface area (Å²) in [5.74, 6) is -2.23. The number of hydrogen-bond acceptors (Lipinski definition) is 5. The van der Waals surface area contributed by atoms with Crippen LogP contribution in [0, 0.1) is 22.9 Å². The van der Waals surface area contributed by atoms with Crippen molar-refractivity contribution in [3.63, 3.8) is 0 Å². The highest BCUT2D eigenvalue weighted by Crippen LogP contribution is 2.30. The first-order valence-corrected chi connectivity index (χ1v) is 8.17. The molecule has 0 saturated heterocycles. The molecule has 9 heteroatoms. The van der Waals surface area contributed by atoms with E-state index < -0.39 is 28.1 Å². The largest absolute Gasteiger partial charge is 0.415 e. The van der Waals surface area contributed by atoms with Crippen molar-refractivity contribution in [2.75, 3.05) is 0 Å². The third-order valence-corrected chi connectivity index (χ3v) is 4.15. The predicted molar refractivity (Wildman–Crippen MR) is 95.5 cm³/mol. The van der Waals surface area contributed by atoms with Crippen molar-refractivity contribution < 1.29 is 18.8 Å². The van der Waals surface area contributed by atoms with E-state index in [0.29, 0.717) is 12.2 Å². The monoisotopic (exact) mass is 389 g/mol. The fourth-order valence-corrected chi connectivity index (χ4v) is 2.83. The molecule has 0 fully saturated rings. The summed E-state index contributed by atoms with van der Waals surface area (Å²) in [5.41, 5.74) is 0.643. The van der Waals surface area contributed by atoms with E-state index in [1.54, 1.807) is 6.92 Å². The topological polar surface area (TPSA) is 87.3 Å². The number of nitrogens with zero attached hydrogens (tertiary/aromatic N) is 3. The number of ether oxygens (including phenoxy) is 1. The number of rotatable bonds is 5. The van der Waals surface area contributed by atoms with Gasteiger partial charge in [-0.15, -0.1) is 0 Å². The Bertz CT molecular complexity index is 1020. The molecule has 3 aromatic rings. The van der Waals surface area contributed by atoms with Gasteiger partial charge >= 0.3 is 11.7 Å². The molecule has 1 heterocycles. The summed E-state index contributed by atoms with van der Waals surface area (Å²) < 4.78 is 19.9. The number of aryl methyl sites for hydroxylation is 1. The lowest BCUT2D eigenvalue weighted by Gasteiger charge is -2.06. The summed E-state index contributed by atoms with van der Waals surface area (Å²) in [7, 11) is 0. The highest BCUT2D eigenvalue weighted by Gasteiger charge is 2.25. The molecule has 0 unspecified atom stereocenters. The minimum absolute atomic E-state index is 0.0282. The lowest BCUT2D eigenvalue weighted by Crippen LogP contribution is -2.11. The molecule has 0 radical (unpaired) electrons. The molecule has 0 N–H and O–H groups in total. The lowest BCUT2D eigenvalue weighted by atomic mass is 10.2. The second kappa shape index (κ2) is 7.55. The van der Waals surface area contributed by atoms with Gasteiger partial charge in [0, 0.05) is 12.1 Å². The molecule has 7 nitrogen and oxygen atoms in total. The number of aromatic nitrogens is 2. The van der Waals surface area contributed by atoms with Crippen LogP contribution in [0.2, 0.25) is 5.15 Å². The predicted octanol–water partition coefficient (Wildman–Crippen LogP) is 4.16. The van der Waals surface area contributed by atoms with Crippen LogP contribution in [0.15, 0.2) is 48.5 Å². The SMILES string of the molecule is Cc1nn(Cc2ccccc2)c(Cl)c1C(=O)Oc1cc(F)ccc1[N+](=O)[O-]. The Morgan fingerprint density at radius 2 is 2.00 bits per heavy atom. The third kappa shape index (κ3) is 3.95. The number of nitro groups is 1. The van der Waals surface area contributed by atoms with Crippen molar-refractivity contribution in [3.8, 4) is 5.75 Å². The number of carbonyl (C=O) groups is 1. The smallest absolute Gasteiger partial charge is 0.348 e. The molecule has 1 aromatic heterocycles. The number of esters is 1. The highest BCUT2D eigenvalue weighted by atomic mass is 35.5. The Balaban J connectivity index is 1.90. The first kappa shape index (κ1) is 18.5. The van der Waals surface area contributed by atoms with Gasteiger partial charge in [-0.25, -0.2) is 13.9 Å². The van der Waals surface area contributed by atoms with E-state index in [0.717, 1.165) is 23.8 Å². The summed E-state index contributed by atoms with van der Waals surface area (Å²) in [6.07, 6.45) is 0. The van der Waals surface area contributed by atoms with Crippen LogP contribution >= 0.6 is 11.6 Å². The van der Waals surface area contributed by atoms with Crippen molar-refractivity contribution in [3.05, 3.63) is 86.4 Å². The van der Waals surface area contributed by atoms with Crippen molar-refractivity contribution in [2.24, 2.45) is 0 Å². The van der Waals surface area contributed by atoms with E-state index >= 15 is 0 Å². The molecule has 0 amide bonds. The van der Waals surface area contributed by atoms with E-state index in [2.05, 4.69) is 5.10 Å². The van der Waals surface area contributed by atoms with Gasteiger partial charge in [0.2, 0.25) is 5.75 Å². The Labute approximate surface area is 158 Å². The van der Waals surface area contributed by atoms with Gasteiger partial charge < -0.3 is 4.74 Å². The number of hydrogen-bond donors (Lipinski definition) is 0. The van der Waals surface area contributed by atoms with E-state index in [9.17, 15) is 19.3 Å². The second-order valence-electron chi connectivity index (χ2n) is 5.65. The number of nitro benzene ring substituents is 1. The molecule has 0 spiro atoms. The molecule has 0 saturated carbocycles. The lowest BCUT2D eigenvalue weighted by molar-refractivity contribution is -0.385. The van der Waals surface area contributed by atoms with Gasteiger partial charge in [0.05, 0.1) is 17.2 Å². The third-order valence-electron chi connectivity index (χ3n) is 3.77. The zero-order chi connectivity index (χ0) is 19.6. The number of carbonyl (C=O) groups excluding carboxylic acids is 1. The molecule has 27 heavy (non-hydrogen) atoms. The maximum absolute atomic E-state index is 13.4. The van der Waals surface area contributed by atoms with Crippen molar-refractivity contribution >= 4 is 23.3 Å². The molecule has 0 aliphatic heterocycles. The molecular weight excluding hydrogens is 377 g/mol. The van der Waals surface area contributed by atoms with E-state index in [-0.39, 0.29) is 10.7 Å². The standard InChI is InChI=1S/C18H13ClFN3O4/c1-11-16(17(19)22(21-11)10-12-5-3-2-4-6-12)18(24)27-15-9-13(20)7-8-14(15)23(25)26/h2-9H,10H2,1H3. The molecule has 138 valence electrons. The Hall–Kier alpha value is -3.26. The zero-order valence-corrected chi connectivity index (χ0v) is 14.8. The molecule has 0 atom stereocenters. The quantitative estimate of drug-likeness (QED) is 0.283. The van der Waals surface area contributed by atoms with Gasteiger partial charge in [0.15, 0.2) is 0 Å². The Morgan fingerprint density at radius 1 is 1.30 bits per heavy atom. The van der Waals surface area contributed by atoms with Gasteiger partial charge in [-0.3, -0.25) is 10.1 Å². The van der Waals surface area contributed by atoms with Crippen LogP contribution < -0.4 is 4.74 Å². The zero-order valence-electron chi connectivity index (χ0n) is 14.1. The van der Waals surface area contributed by atoms with Crippen LogP contribution in [-0.4, -0.2) is 20.7 Å². The summed E-state index contributed by atoms with van der Waals surface area (Å²) in [6.45, 7) is 1.89. The van der Waals surface area contributed by atoms with Gasteiger partial charge in [0.25, 0.3) is 0 Å². The van der Waals surface area contributed by atoms with Crippen molar-refractivity contribution in [1.82, 2.24) is 9.78 Å². The molecule has 0 bridgehead atoms. The minimum atomic E-state index is -0.953. The van der Waals surface area contributed by atoms with Gasteiger partial charge in [-0.1, -0.05) is 41.9 Å². The Kier molecular flexibility index (Phi) is 5.18. The van der Waals surface area contributed by atoms with Crippen LogP contribution in [0.4, 0.5) is 10.1 Å². The summed E-state index contributed by atoms with van der Waals surface area (Å²) in [4.78, 5) is 22.8. The molecule has 2 aromatic carbocycles. The average Bonchev–Trinajstić information content (AvgIpc) is 2.89. The van der Waals surface area contributed by atoms with Crippen molar-refractivity contribution in [1.29, 1.82) is 0 Å². The fourth-order valence-electron chi connectivity index (χ4n) is 2.52. The van der Waals surface area contributed by atoms with Crippen LogP contribution in [0.25, 0.3) is 0 Å². The van der Waals surface area contributed by atoms with Crippen LogP contribution in [0.3, 0.4) is 0 Å². The maximum atomic E-state index is 13.4. The number of halogens is 2. The average molecular weight is 390 g/mol. The summed E-state index contributed by atoms with van der Waals surface area (Å²) >= 11 is 6.27. The van der Waals surface area contributed by atoms with Crippen LogP contribution in [-0.2, 0) is 6.54 Å². The van der Waals surface area contributed by atoms with Gasteiger partial charge in [0.1, 0.15) is 16.5 Å². The second-order valence-corrected chi connectivity index (χ2v) is 6.01. The first-order chi connectivity index (χ1) is 12.9. The molecule has 3 rings (SSSR count). The minimum Gasteiger partial charge on any atom is -0.415 e. The number of benzene rings is 2. The summed E-state index contributed by atoms with van der Waals surface area (Å²) in [5, 5.41) is 15.3. The van der Waals surface area contributed by atoms with E-state index in [1.165, 1.54) is 4.68 Å². The highest BCUT2D eigenvalue weighted by molar-refractivity contribution is 6.32. The molecule has 0 aliphatic rings. The van der Waals surface area contributed by atoms with Crippen LogP contribution in [0.1, 0.15) is 21.6 Å². The summed E-state index contributed by atoms with van der Waals surface area (Å²) in [6, 6.07) is 11.9. The molecular formula is C18H13ClFN3O4. The van der Waals surface area contributed by atoms with E-state index in [4.69, 9.17) is 16.3 Å². The van der Waals surface area contributed by atoms with E-state index in [1.807, 2.05) is 30.3 Å². The van der Waals surface area contributed by atoms with Gasteiger partial charge in [-0.2, -0.15) is 5.10 Å². The Morgan fingerprint density at radius 3 is 2.67 bits per heavy atom. The van der Waals surface area contributed by atoms with Crippen LogP contribution in [0.5, 0.6) is 5.75 Å². The fraction of sp³-hybridized carbons (Fsp3) is 0.111. The maximum Gasteiger partial charge on any atom is 0.348 e.